The summed E-state index contributed by atoms with van der Waals surface area (Å²) in [5.74, 6) is -0.591. The Labute approximate surface area is 519 Å². The zero-order valence-electron chi connectivity index (χ0n) is 55.3. The number of hydrogen-bond acceptors (Lipinski definition) is 7. The molecule has 0 aromatic rings. The molecule has 0 fully saturated rings. The molecule has 0 aliphatic carbocycles. The van der Waals surface area contributed by atoms with Crippen LogP contribution in [0.25, 0.3) is 0 Å². The van der Waals surface area contributed by atoms with Crippen LogP contribution in [0, 0.1) is 0 Å². The summed E-state index contributed by atoms with van der Waals surface area (Å²) < 4.78 is 30.4. The molecule has 0 radical (unpaired) electrons. The number of phosphoric acid groups is 1. The molecule has 484 valence electrons. The van der Waals surface area contributed by atoms with Gasteiger partial charge in [-0.3, -0.25) is 14.2 Å². The number of rotatable bonds is 62. The van der Waals surface area contributed by atoms with E-state index < -0.39 is 26.6 Å². The molecule has 0 saturated carbocycles. The molecule has 0 spiro atoms. The summed E-state index contributed by atoms with van der Waals surface area (Å²) in [4.78, 5) is 40.1. The summed E-state index contributed by atoms with van der Waals surface area (Å²) in [5, 5.41) is 3.03. The predicted molar refractivity (Wildman–Crippen MR) is 362 cm³/mol. The fourth-order valence-electron chi connectivity index (χ4n) is 9.62. The molecule has 1 N–H and O–H groups in total. The van der Waals surface area contributed by atoms with Gasteiger partial charge in [-0.15, -0.1) is 0 Å². The van der Waals surface area contributed by atoms with Crippen molar-refractivity contribution in [2.75, 3.05) is 40.9 Å². The lowest BCUT2D eigenvalue weighted by atomic mass is 10.0. The number of unbranched alkanes of at least 4 members (excludes halogenated alkanes) is 30. The quantitative estimate of drug-likeness (QED) is 0.0212. The van der Waals surface area contributed by atoms with Crippen LogP contribution in [0.4, 0.5) is 0 Å². The third-order valence-corrected chi connectivity index (χ3v) is 15.9. The zero-order valence-corrected chi connectivity index (χ0v) is 56.2. The SMILES string of the molecule is CC/C=C\C/C=C\C/C=C\C/C=C\C/C=C\C/C=C\CCCCC(=O)OC(/C=C\CCCCCCCCCCCC)C(COP(=O)([O-])OCC[N+](C)(C)C)NC(=O)CCCCCCCCCCCCCCCCC/C=C\C/C=C\CCCCC. The molecular formula is C74H131N2O7P. The Bertz CT molecular complexity index is 1810. The molecular weight excluding hydrogens is 1060 g/mol. The van der Waals surface area contributed by atoms with Crippen LogP contribution >= 0.6 is 7.82 Å². The van der Waals surface area contributed by atoms with Gasteiger partial charge in [0.2, 0.25) is 5.91 Å². The van der Waals surface area contributed by atoms with E-state index in [4.69, 9.17) is 13.8 Å². The van der Waals surface area contributed by atoms with E-state index in [1.165, 1.54) is 161 Å². The number of allylic oxidation sites excluding steroid dienone is 17. The number of ether oxygens (including phenoxy) is 1. The number of phosphoric ester groups is 1. The topological polar surface area (TPSA) is 114 Å². The van der Waals surface area contributed by atoms with Gasteiger partial charge in [-0.25, -0.2) is 0 Å². The molecule has 1 amide bonds. The number of nitrogens with zero attached hydrogens (tertiary/aromatic N) is 1. The number of esters is 1. The predicted octanol–water partition coefficient (Wildman–Crippen LogP) is 21.4. The molecule has 0 aliphatic rings. The van der Waals surface area contributed by atoms with Crippen molar-refractivity contribution in [3.05, 3.63) is 109 Å². The van der Waals surface area contributed by atoms with Gasteiger partial charge >= 0.3 is 5.97 Å². The number of quaternary nitrogens is 1. The smallest absolute Gasteiger partial charge is 0.306 e. The van der Waals surface area contributed by atoms with Crippen LogP contribution in [0.15, 0.2) is 109 Å². The average Bonchev–Trinajstić information content (AvgIpc) is 3.65. The van der Waals surface area contributed by atoms with E-state index in [9.17, 15) is 19.0 Å². The van der Waals surface area contributed by atoms with Crippen molar-refractivity contribution in [3.63, 3.8) is 0 Å². The van der Waals surface area contributed by atoms with Crippen molar-refractivity contribution in [2.24, 2.45) is 0 Å². The van der Waals surface area contributed by atoms with Crippen LogP contribution < -0.4 is 10.2 Å². The first-order chi connectivity index (χ1) is 40.9. The van der Waals surface area contributed by atoms with Crippen LogP contribution in [0.2, 0.25) is 0 Å². The number of hydrogen-bond donors (Lipinski definition) is 1. The Hall–Kier alpha value is -3.33. The summed E-state index contributed by atoms with van der Waals surface area (Å²) in [6, 6.07) is -0.913. The molecule has 0 aliphatic heterocycles. The van der Waals surface area contributed by atoms with Gasteiger partial charge in [0.05, 0.1) is 33.8 Å². The minimum absolute atomic E-state index is 0.0337. The second-order valence-corrected chi connectivity index (χ2v) is 25.7. The van der Waals surface area contributed by atoms with Crippen molar-refractivity contribution in [2.45, 2.75) is 309 Å². The fourth-order valence-corrected chi connectivity index (χ4v) is 10.3. The van der Waals surface area contributed by atoms with Gasteiger partial charge < -0.3 is 28.5 Å². The molecule has 10 heteroatoms. The summed E-state index contributed by atoms with van der Waals surface area (Å²) in [6.07, 6.45) is 86.4. The van der Waals surface area contributed by atoms with Gasteiger partial charge in [0, 0.05) is 12.8 Å². The molecule has 9 nitrogen and oxygen atoms in total. The van der Waals surface area contributed by atoms with Gasteiger partial charge in [-0.05, 0) is 115 Å². The van der Waals surface area contributed by atoms with Crippen molar-refractivity contribution >= 4 is 19.7 Å². The minimum Gasteiger partial charge on any atom is -0.756 e. The molecule has 0 heterocycles. The lowest BCUT2D eigenvalue weighted by molar-refractivity contribution is -0.870. The highest BCUT2D eigenvalue weighted by Gasteiger charge is 2.27. The average molecular weight is 1190 g/mol. The largest absolute Gasteiger partial charge is 0.756 e. The Kier molecular flexibility index (Phi) is 60.2. The van der Waals surface area contributed by atoms with E-state index in [-0.39, 0.29) is 24.9 Å². The van der Waals surface area contributed by atoms with Crippen LogP contribution in [0.3, 0.4) is 0 Å². The van der Waals surface area contributed by atoms with E-state index in [1.807, 2.05) is 33.3 Å². The Balaban J connectivity index is 5.16. The fraction of sp³-hybridized carbons (Fsp3) is 0.730. The number of likely N-dealkylation sites (N-methyl/N-ethyl adjacent to an activating group) is 1. The number of amides is 1. The summed E-state index contributed by atoms with van der Waals surface area (Å²) in [5.41, 5.74) is 0. The Morgan fingerprint density at radius 2 is 0.762 bits per heavy atom. The highest BCUT2D eigenvalue weighted by molar-refractivity contribution is 7.45. The van der Waals surface area contributed by atoms with Gasteiger partial charge in [0.1, 0.15) is 19.3 Å². The summed E-state index contributed by atoms with van der Waals surface area (Å²) >= 11 is 0. The van der Waals surface area contributed by atoms with Crippen molar-refractivity contribution in [3.8, 4) is 0 Å². The first-order valence-electron chi connectivity index (χ1n) is 34.7. The molecule has 84 heavy (non-hydrogen) atoms. The first-order valence-corrected chi connectivity index (χ1v) is 36.2. The Morgan fingerprint density at radius 1 is 0.429 bits per heavy atom. The van der Waals surface area contributed by atoms with E-state index in [2.05, 4.69) is 123 Å². The van der Waals surface area contributed by atoms with Crippen molar-refractivity contribution in [1.29, 1.82) is 0 Å². The second-order valence-electron chi connectivity index (χ2n) is 24.3. The molecule has 0 rings (SSSR count). The van der Waals surface area contributed by atoms with Gasteiger partial charge in [-0.1, -0.05) is 278 Å². The van der Waals surface area contributed by atoms with E-state index in [0.717, 1.165) is 96.3 Å². The van der Waals surface area contributed by atoms with Crippen LogP contribution in [0.5, 0.6) is 0 Å². The molecule has 3 atom stereocenters. The number of carbonyl (C=O) groups is 2. The standard InChI is InChI=1S/C74H131N2O7P/c1-7-10-13-16-19-22-25-28-30-32-34-36-37-38-39-41-42-44-46-48-51-54-57-60-63-66-73(77)75-71(70-82-84(79,80)81-69-68-76(4,5)6)72(65-62-59-56-53-50-27-24-21-18-15-12-9-3)83-74(78)67-64-61-58-55-52-49-47-45-43-40-35-33-31-29-26-23-20-17-14-11-8-2/h11,14,19-20,22-23,28-31,35,40,45,47,52,55,62,65,71-72H,7-10,12-13,15-18,21,24-27,32-34,36-39,41-44,46,48-51,53-54,56-61,63-64,66-70H2,1-6H3,(H-,75,77,79,80)/b14-11-,22-19-,23-20-,30-28-,31-29-,40-35-,47-45-,55-52-,65-62-. The van der Waals surface area contributed by atoms with Gasteiger partial charge in [-0.2, -0.15) is 0 Å². The lowest BCUT2D eigenvalue weighted by Crippen LogP contribution is -2.47. The third-order valence-electron chi connectivity index (χ3n) is 14.9. The summed E-state index contributed by atoms with van der Waals surface area (Å²) in [6.45, 7) is 6.69. The highest BCUT2D eigenvalue weighted by atomic mass is 31.2. The molecule has 3 unspecified atom stereocenters. The second kappa shape index (κ2) is 62.7. The van der Waals surface area contributed by atoms with Crippen molar-refractivity contribution < 1.29 is 37.3 Å². The number of nitrogens with one attached hydrogen (secondary N) is 1. The first kappa shape index (κ1) is 80.7. The molecule has 0 saturated heterocycles. The maximum Gasteiger partial charge on any atom is 0.306 e. The van der Waals surface area contributed by atoms with E-state index in [0.29, 0.717) is 23.9 Å². The van der Waals surface area contributed by atoms with Gasteiger partial charge in [0.25, 0.3) is 7.82 Å². The van der Waals surface area contributed by atoms with Crippen LogP contribution in [0.1, 0.15) is 297 Å². The normalized spacial score (nSPS) is 14.2. The lowest BCUT2D eigenvalue weighted by Gasteiger charge is -2.30. The summed E-state index contributed by atoms with van der Waals surface area (Å²) in [7, 11) is 1.15. The Morgan fingerprint density at radius 3 is 1.18 bits per heavy atom. The van der Waals surface area contributed by atoms with E-state index >= 15 is 0 Å². The van der Waals surface area contributed by atoms with Crippen LogP contribution in [-0.2, 0) is 27.9 Å². The highest BCUT2D eigenvalue weighted by Crippen LogP contribution is 2.38. The van der Waals surface area contributed by atoms with Gasteiger partial charge in [0.15, 0.2) is 0 Å². The maximum absolute atomic E-state index is 13.6. The van der Waals surface area contributed by atoms with Crippen molar-refractivity contribution in [1.82, 2.24) is 5.32 Å². The maximum atomic E-state index is 13.6. The number of carbonyl (C=O) groups excluding carboxylic acids is 2. The molecule has 0 aromatic heterocycles. The van der Waals surface area contributed by atoms with E-state index in [1.54, 1.807) is 0 Å². The monoisotopic (exact) mass is 1190 g/mol. The molecule has 0 bridgehead atoms. The minimum atomic E-state index is -4.72. The zero-order chi connectivity index (χ0) is 61.4. The third kappa shape index (κ3) is 63.2. The van der Waals surface area contributed by atoms with Crippen LogP contribution in [-0.4, -0.2) is 69.4 Å². The molecule has 0 aromatic carbocycles.